The standard InChI is InChI=1S/C17H24N4/c1-16(2,3)15-14-11-18-19-21(14)13-10-8-7-9-12(13)20(15)17(4,5)6/h7-11,15H,1-6H3. The second-order valence-corrected chi connectivity index (χ2v) is 7.87. The molecule has 1 aromatic heterocycles. The molecule has 112 valence electrons. The van der Waals surface area contributed by atoms with Crippen LogP contribution in [-0.2, 0) is 0 Å². The summed E-state index contributed by atoms with van der Waals surface area (Å²) in [5, 5.41) is 8.49. The van der Waals surface area contributed by atoms with E-state index in [1.807, 2.05) is 10.9 Å². The molecule has 1 atom stereocenters. The summed E-state index contributed by atoms with van der Waals surface area (Å²) < 4.78 is 1.99. The van der Waals surface area contributed by atoms with Crippen LogP contribution in [0.25, 0.3) is 5.69 Å². The summed E-state index contributed by atoms with van der Waals surface area (Å²) in [7, 11) is 0. The van der Waals surface area contributed by atoms with Crippen molar-refractivity contribution in [2.45, 2.75) is 53.1 Å². The topological polar surface area (TPSA) is 34.0 Å². The van der Waals surface area contributed by atoms with Crippen molar-refractivity contribution in [2.24, 2.45) is 5.41 Å². The van der Waals surface area contributed by atoms with Crippen molar-refractivity contribution in [3.63, 3.8) is 0 Å². The van der Waals surface area contributed by atoms with Gasteiger partial charge in [0.25, 0.3) is 0 Å². The van der Waals surface area contributed by atoms with Crippen molar-refractivity contribution in [3.05, 3.63) is 36.2 Å². The number of hydrogen-bond donors (Lipinski definition) is 0. The molecular formula is C17H24N4. The molecule has 0 bridgehead atoms. The van der Waals surface area contributed by atoms with Crippen molar-refractivity contribution >= 4 is 5.69 Å². The van der Waals surface area contributed by atoms with Crippen LogP contribution in [0.15, 0.2) is 30.5 Å². The third kappa shape index (κ3) is 2.13. The molecule has 0 N–H and O–H groups in total. The summed E-state index contributed by atoms with van der Waals surface area (Å²) in [6.45, 7) is 13.6. The molecule has 0 aliphatic carbocycles. The van der Waals surface area contributed by atoms with Gasteiger partial charge in [0, 0.05) is 5.54 Å². The molecule has 2 aromatic rings. The highest BCUT2D eigenvalue weighted by Crippen LogP contribution is 2.49. The Morgan fingerprint density at radius 2 is 1.57 bits per heavy atom. The van der Waals surface area contributed by atoms with Gasteiger partial charge in [-0.15, -0.1) is 5.10 Å². The molecule has 21 heavy (non-hydrogen) atoms. The largest absolute Gasteiger partial charge is 0.356 e. The van der Waals surface area contributed by atoms with Gasteiger partial charge in [-0.3, -0.25) is 0 Å². The molecule has 1 aromatic carbocycles. The van der Waals surface area contributed by atoms with E-state index in [4.69, 9.17) is 0 Å². The van der Waals surface area contributed by atoms with Crippen LogP contribution >= 0.6 is 0 Å². The van der Waals surface area contributed by atoms with Gasteiger partial charge >= 0.3 is 0 Å². The van der Waals surface area contributed by atoms with Gasteiger partial charge < -0.3 is 4.90 Å². The number of fused-ring (bicyclic) bond motifs is 3. The van der Waals surface area contributed by atoms with Crippen LogP contribution in [0.1, 0.15) is 53.3 Å². The molecule has 4 heteroatoms. The van der Waals surface area contributed by atoms with Crippen LogP contribution < -0.4 is 4.90 Å². The quantitative estimate of drug-likeness (QED) is 0.734. The van der Waals surface area contributed by atoms with E-state index in [9.17, 15) is 0 Å². The molecular weight excluding hydrogens is 260 g/mol. The molecule has 1 aliphatic rings. The Balaban J connectivity index is 2.32. The average Bonchev–Trinajstić information content (AvgIpc) is 2.83. The Morgan fingerprint density at radius 3 is 2.14 bits per heavy atom. The molecule has 0 spiro atoms. The first kappa shape index (κ1) is 14.1. The maximum absolute atomic E-state index is 4.32. The smallest absolute Gasteiger partial charge is 0.0901 e. The van der Waals surface area contributed by atoms with Crippen LogP contribution in [0.5, 0.6) is 0 Å². The first-order valence-electron chi connectivity index (χ1n) is 7.50. The lowest BCUT2D eigenvalue weighted by molar-refractivity contribution is 0.256. The average molecular weight is 284 g/mol. The fourth-order valence-electron chi connectivity index (χ4n) is 3.31. The Labute approximate surface area is 126 Å². The van der Waals surface area contributed by atoms with Gasteiger partial charge in [-0.1, -0.05) is 38.1 Å². The summed E-state index contributed by atoms with van der Waals surface area (Å²) in [6.07, 6.45) is 1.91. The zero-order valence-electron chi connectivity index (χ0n) is 13.8. The summed E-state index contributed by atoms with van der Waals surface area (Å²) in [5.41, 5.74) is 3.60. The van der Waals surface area contributed by atoms with Crippen molar-refractivity contribution in [3.8, 4) is 5.69 Å². The van der Waals surface area contributed by atoms with E-state index in [-0.39, 0.29) is 17.0 Å². The molecule has 0 amide bonds. The highest BCUT2D eigenvalue weighted by molar-refractivity contribution is 5.68. The third-order valence-electron chi connectivity index (χ3n) is 4.03. The van der Waals surface area contributed by atoms with Gasteiger partial charge in [0.2, 0.25) is 0 Å². The zero-order chi connectivity index (χ0) is 15.4. The Kier molecular flexibility index (Phi) is 2.91. The van der Waals surface area contributed by atoms with Crippen LogP contribution in [0.4, 0.5) is 5.69 Å². The molecule has 1 aliphatic heterocycles. The Morgan fingerprint density at radius 1 is 0.952 bits per heavy atom. The van der Waals surface area contributed by atoms with Crippen molar-refractivity contribution in [1.82, 2.24) is 15.0 Å². The van der Waals surface area contributed by atoms with Crippen LogP contribution in [0, 0.1) is 5.41 Å². The highest BCUT2D eigenvalue weighted by Gasteiger charge is 2.43. The lowest BCUT2D eigenvalue weighted by atomic mass is 9.80. The molecule has 2 heterocycles. The van der Waals surface area contributed by atoms with Crippen LogP contribution in [0.2, 0.25) is 0 Å². The van der Waals surface area contributed by atoms with E-state index >= 15 is 0 Å². The van der Waals surface area contributed by atoms with Gasteiger partial charge in [0.05, 0.1) is 29.3 Å². The second-order valence-electron chi connectivity index (χ2n) is 7.87. The summed E-state index contributed by atoms with van der Waals surface area (Å²) in [5.74, 6) is 0. The summed E-state index contributed by atoms with van der Waals surface area (Å²) in [4.78, 5) is 2.51. The van der Waals surface area contributed by atoms with Gasteiger partial charge in [0.15, 0.2) is 0 Å². The summed E-state index contributed by atoms with van der Waals surface area (Å²) in [6, 6.07) is 8.69. The lowest BCUT2D eigenvalue weighted by Crippen LogP contribution is -2.51. The van der Waals surface area contributed by atoms with Gasteiger partial charge in [0.1, 0.15) is 0 Å². The first-order chi connectivity index (χ1) is 9.71. The third-order valence-corrected chi connectivity index (χ3v) is 4.03. The van der Waals surface area contributed by atoms with Gasteiger partial charge in [-0.05, 0) is 38.3 Å². The van der Waals surface area contributed by atoms with Crippen molar-refractivity contribution in [2.75, 3.05) is 4.90 Å². The SMILES string of the molecule is CC(C)(C)C1c2cnnn2-c2ccccc2N1C(C)(C)C. The van der Waals surface area contributed by atoms with E-state index < -0.39 is 0 Å². The maximum Gasteiger partial charge on any atom is 0.0901 e. The van der Waals surface area contributed by atoms with Crippen LogP contribution in [0.3, 0.4) is 0 Å². The molecule has 0 fully saturated rings. The number of hydrogen-bond acceptors (Lipinski definition) is 3. The van der Waals surface area contributed by atoms with Gasteiger partial charge in [-0.25, -0.2) is 4.68 Å². The molecule has 1 unspecified atom stereocenters. The van der Waals surface area contributed by atoms with Crippen molar-refractivity contribution in [1.29, 1.82) is 0 Å². The molecule has 0 saturated carbocycles. The molecule has 0 saturated heterocycles. The molecule has 3 rings (SSSR count). The van der Waals surface area contributed by atoms with E-state index in [2.05, 4.69) is 81.0 Å². The molecule has 4 nitrogen and oxygen atoms in total. The van der Waals surface area contributed by atoms with Crippen LogP contribution in [-0.4, -0.2) is 20.5 Å². The predicted molar refractivity (Wildman–Crippen MR) is 85.8 cm³/mol. The van der Waals surface area contributed by atoms with E-state index in [1.54, 1.807) is 0 Å². The number of aromatic nitrogens is 3. The Bertz CT molecular complexity index is 658. The first-order valence-corrected chi connectivity index (χ1v) is 7.50. The van der Waals surface area contributed by atoms with E-state index in [0.29, 0.717) is 0 Å². The van der Waals surface area contributed by atoms with Gasteiger partial charge in [-0.2, -0.15) is 0 Å². The minimum Gasteiger partial charge on any atom is -0.356 e. The van der Waals surface area contributed by atoms with Crippen molar-refractivity contribution < 1.29 is 0 Å². The summed E-state index contributed by atoms with van der Waals surface area (Å²) >= 11 is 0. The number of anilines is 1. The zero-order valence-corrected chi connectivity index (χ0v) is 13.8. The number of nitrogens with zero attached hydrogens (tertiary/aromatic N) is 4. The minimum absolute atomic E-state index is 0.0174. The fourth-order valence-corrected chi connectivity index (χ4v) is 3.31. The maximum atomic E-state index is 4.32. The lowest BCUT2D eigenvalue weighted by Gasteiger charge is -2.51. The number of benzene rings is 1. The Hall–Kier alpha value is -1.84. The van der Waals surface area contributed by atoms with E-state index in [1.165, 1.54) is 5.69 Å². The van der Waals surface area contributed by atoms with E-state index in [0.717, 1.165) is 11.4 Å². The number of para-hydroxylation sites is 2. The second kappa shape index (κ2) is 4.33. The number of rotatable bonds is 0. The minimum atomic E-state index is 0.0174. The monoisotopic (exact) mass is 284 g/mol. The fraction of sp³-hybridized carbons (Fsp3) is 0.529. The molecule has 0 radical (unpaired) electrons. The normalized spacial score (nSPS) is 18.4. The highest BCUT2D eigenvalue weighted by atomic mass is 15.5. The predicted octanol–water partition coefficient (Wildman–Crippen LogP) is 3.97.